The molecule has 2 aromatic carbocycles. The number of aryl methyl sites for hydroxylation is 1. The van der Waals surface area contributed by atoms with Crippen LogP contribution in [0.2, 0.25) is 0 Å². The Morgan fingerprint density at radius 3 is 2.52 bits per heavy atom. The standard InChI is InChI=1S/C22H25N3O4/c1-4-5-17-12-16(13-19(29-3)22(17)28)14-23-25-21(27)11-10-20(26)24-18-8-6-15(2)7-9-18/h4,6-9,12-14,28H,1,5,10-11H2,2-3H3,(H,24,26)(H,25,27). The minimum Gasteiger partial charge on any atom is -0.504 e. The minimum atomic E-state index is -0.377. The first-order valence-electron chi connectivity index (χ1n) is 9.12. The van der Waals surface area contributed by atoms with Gasteiger partial charge in [-0.3, -0.25) is 9.59 Å². The van der Waals surface area contributed by atoms with Crippen LogP contribution in [0.25, 0.3) is 0 Å². The van der Waals surface area contributed by atoms with Gasteiger partial charge in [0, 0.05) is 24.1 Å². The number of benzene rings is 2. The molecule has 0 saturated heterocycles. The first kappa shape index (κ1) is 21.7. The Morgan fingerprint density at radius 2 is 1.86 bits per heavy atom. The Labute approximate surface area is 170 Å². The van der Waals surface area contributed by atoms with E-state index in [1.165, 1.54) is 13.3 Å². The maximum atomic E-state index is 11.9. The second kappa shape index (κ2) is 10.7. The number of nitrogens with one attached hydrogen (secondary N) is 2. The highest BCUT2D eigenvalue weighted by atomic mass is 16.5. The van der Waals surface area contributed by atoms with Gasteiger partial charge in [-0.25, -0.2) is 5.43 Å². The fourth-order valence-electron chi connectivity index (χ4n) is 2.55. The number of carbonyl (C=O) groups excluding carboxylic acids is 2. The third-order valence-corrected chi connectivity index (χ3v) is 4.08. The van der Waals surface area contributed by atoms with Gasteiger partial charge in [-0.1, -0.05) is 23.8 Å². The Morgan fingerprint density at radius 1 is 1.17 bits per heavy atom. The normalized spacial score (nSPS) is 10.6. The molecule has 0 aromatic heterocycles. The van der Waals surface area contributed by atoms with Gasteiger partial charge in [0.2, 0.25) is 11.8 Å². The first-order chi connectivity index (χ1) is 13.9. The number of hydrogen-bond acceptors (Lipinski definition) is 5. The highest BCUT2D eigenvalue weighted by Gasteiger charge is 2.09. The number of phenols is 1. The van der Waals surface area contributed by atoms with Crippen LogP contribution in [0, 0.1) is 6.92 Å². The van der Waals surface area contributed by atoms with Gasteiger partial charge in [0.25, 0.3) is 0 Å². The zero-order valence-electron chi connectivity index (χ0n) is 16.6. The van der Waals surface area contributed by atoms with Crippen LogP contribution in [0.15, 0.2) is 54.2 Å². The monoisotopic (exact) mass is 395 g/mol. The number of rotatable bonds is 9. The molecule has 0 aliphatic heterocycles. The van der Waals surface area contributed by atoms with Gasteiger partial charge in [0.1, 0.15) is 0 Å². The maximum Gasteiger partial charge on any atom is 0.240 e. The molecule has 0 saturated carbocycles. The molecule has 0 heterocycles. The van der Waals surface area contributed by atoms with E-state index in [4.69, 9.17) is 4.74 Å². The molecule has 7 nitrogen and oxygen atoms in total. The van der Waals surface area contributed by atoms with Crippen LogP contribution in [0.3, 0.4) is 0 Å². The van der Waals surface area contributed by atoms with E-state index in [1.807, 2.05) is 31.2 Å². The topological polar surface area (TPSA) is 100 Å². The fraction of sp³-hybridized carbons (Fsp3) is 0.227. The molecule has 0 radical (unpaired) electrons. The molecular formula is C22H25N3O4. The van der Waals surface area contributed by atoms with Crippen molar-refractivity contribution in [3.8, 4) is 11.5 Å². The summed E-state index contributed by atoms with van der Waals surface area (Å²) in [5.41, 5.74) is 5.46. The zero-order valence-corrected chi connectivity index (χ0v) is 16.6. The molecule has 0 fully saturated rings. The highest BCUT2D eigenvalue weighted by molar-refractivity contribution is 5.93. The number of ether oxygens (including phenoxy) is 1. The van der Waals surface area contributed by atoms with E-state index < -0.39 is 0 Å². The van der Waals surface area contributed by atoms with Gasteiger partial charge in [-0.05, 0) is 43.2 Å². The van der Waals surface area contributed by atoms with Crippen LogP contribution in [0.1, 0.15) is 29.5 Å². The number of methoxy groups -OCH3 is 1. The molecule has 0 aliphatic carbocycles. The number of nitrogens with zero attached hydrogens (tertiary/aromatic N) is 1. The van der Waals surface area contributed by atoms with Crippen molar-refractivity contribution < 1.29 is 19.4 Å². The number of hydrogen-bond donors (Lipinski definition) is 3. The number of amides is 2. The predicted octanol–water partition coefficient (Wildman–Crippen LogP) is 3.31. The average molecular weight is 395 g/mol. The summed E-state index contributed by atoms with van der Waals surface area (Å²) in [7, 11) is 1.46. The molecule has 0 atom stereocenters. The lowest BCUT2D eigenvalue weighted by Gasteiger charge is -2.09. The lowest BCUT2D eigenvalue weighted by molar-refractivity contribution is -0.124. The second-order valence-electron chi connectivity index (χ2n) is 6.43. The van der Waals surface area contributed by atoms with Gasteiger partial charge in [-0.2, -0.15) is 5.10 Å². The largest absolute Gasteiger partial charge is 0.504 e. The summed E-state index contributed by atoms with van der Waals surface area (Å²) in [6, 6.07) is 10.7. The Kier molecular flexibility index (Phi) is 7.97. The fourth-order valence-corrected chi connectivity index (χ4v) is 2.55. The molecule has 3 N–H and O–H groups in total. The molecule has 0 aliphatic rings. The third kappa shape index (κ3) is 6.80. The molecule has 2 rings (SSSR count). The quantitative estimate of drug-likeness (QED) is 0.344. The van der Waals surface area contributed by atoms with Crippen molar-refractivity contribution in [2.45, 2.75) is 26.2 Å². The Balaban J connectivity index is 1.86. The van der Waals surface area contributed by atoms with E-state index in [9.17, 15) is 14.7 Å². The molecule has 7 heteroatoms. The Hall–Kier alpha value is -3.61. The summed E-state index contributed by atoms with van der Waals surface area (Å²) >= 11 is 0. The number of carbonyl (C=O) groups is 2. The summed E-state index contributed by atoms with van der Waals surface area (Å²) in [6.45, 7) is 5.62. The van der Waals surface area contributed by atoms with Crippen molar-refractivity contribution in [2.24, 2.45) is 5.10 Å². The highest BCUT2D eigenvalue weighted by Crippen LogP contribution is 2.31. The van der Waals surface area contributed by atoms with Crippen molar-refractivity contribution >= 4 is 23.7 Å². The van der Waals surface area contributed by atoms with Gasteiger partial charge in [0.05, 0.1) is 13.3 Å². The molecule has 152 valence electrons. The van der Waals surface area contributed by atoms with E-state index in [0.717, 1.165) is 5.56 Å². The van der Waals surface area contributed by atoms with Crippen molar-refractivity contribution in [2.75, 3.05) is 12.4 Å². The molecule has 0 spiro atoms. The van der Waals surface area contributed by atoms with Crippen LogP contribution in [-0.2, 0) is 16.0 Å². The lowest BCUT2D eigenvalue weighted by Crippen LogP contribution is -2.20. The van der Waals surface area contributed by atoms with Gasteiger partial charge in [-0.15, -0.1) is 6.58 Å². The van der Waals surface area contributed by atoms with Gasteiger partial charge < -0.3 is 15.2 Å². The summed E-state index contributed by atoms with van der Waals surface area (Å²) < 4.78 is 5.14. The SMILES string of the molecule is C=CCc1cc(C=NNC(=O)CCC(=O)Nc2ccc(C)cc2)cc(OC)c1O. The molecule has 0 unspecified atom stereocenters. The Bertz CT molecular complexity index is 905. The molecule has 29 heavy (non-hydrogen) atoms. The third-order valence-electron chi connectivity index (χ3n) is 4.08. The lowest BCUT2D eigenvalue weighted by atomic mass is 10.1. The number of hydrazone groups is 1. The second-order valence-corrected chi connectivity index (χ2v) is 6.43. The van der Waals surface area contributed by atoms with Crippen molar-refractivity contribution in [1.82, 2.24) is 5.43 Å². The number of anilines is 1. The number of aromatic hydroxyl groups is 1. The number of phenolic OH excluding ortho intramolecular Hbond substituents is 1. The van der Waals surface area contributed by atoms with Crippen LogP contribution in [0.5, 0.6) is 11.5 Å². The van der Waals surface area contributed by atoms with Crippen LogP contribution >= 0.6 is 0 Å². The van der Waals surface area contributed by atoms with E-state index >= 15 is 0 Å². The first-order valence-corrected chi connectivity index (χ1v) is 9.12. The predicted molar refractivity (Wildman–Crippen MR) is 113 cm³/mol. The zero-order chi connectivity index (χ0) is 21.2. The summed E-state index contributed by atoms with van der Waals surface area (Å²) in [5, 5.41) is 16.7. The molecule has 2 amide bonds. The van der Waals surface area contributed by atoms with E-state index in [1.54, 1.807) is 18.2 Å². The van der Waals surface area contributed by atoms with Gasteiger partial charge >= 0.3 is 0 Å². The molecule has 0 bridgehead atoms. The van der Waals surface area contributed by atoms with Crippen LogP contribution in [0.4, 0.5) is 5.69 Å². The van der Waals surface area contributed by atoms with Gasteiger partial charge in [0.15, 0.2) is 11.5 Å². The minimum absolute atomic E-state index is 0.00957. The number of allylic oxidation sites excluding steroid dienone is 1. The average Bonchev–Trinajstić information content (AvgIpc) is 2.70. The van der Waals surface area contributed by atoms with E-state index in [2.05, 4.69) is 22.4 Å². The van der Waals surface area contributed by atoms with Crippen molar-refractivity contribution in [1.29, 1.82) is 0 Å². The smallest absolute Gasteiger partial charge is 0.240 e. The molecular weight excluding hydrogens is 370 g/mol. The molecule has 2 aromatic rings. The van der Waals surface area contributed by atoms with Crippen molar-refractivity contribution in [3.63, 3.8) is 0 Å². The maximum absolute atomic E-state index is 11.9. The summed E-state index contributed by atoms with van der Waals surface area (Å²) in [4.78, 5) is 23.8. The summed E-state index contributed by atoms with van der Waals surface area (Å²) in [5.74, 6) is -0.263. The van der Waals surface area contributed by atoms with E-state index in [0.29, 0.717) is 29.0 Å². The van der Waals surface area contributed by atoms with Crippen LogP contribution in [-0.4, -0.2) is 30.2 Å². The van der Waals surface area contributed by atoms with E-state index in [-0.39, 0.29) is 30.4 Å². The van der Waals surface area contributed by atoms with Crippen LogP contribution < -0.4 is 15.5 Å². The summed E-state index contributed by atoms with van der Waals surface area (Å²) in [6.07, 6.45) is 3.63. The van der Waals surface area contributed by atoms with Crippen molar-refractivity contribution in [3.05, 3.63) is 65.7 Å².